The fourth-order valence-corrected chi connectivity index (χ4v) is 7.70. The number of thiazole rings is 1. The maximum absolute atomic E-state index is 13.7. The normalized spacial score (nSPS) is 20.4. The molecule has 21 heteroatoms. The Morgan fingerprint density at radius 1 is 1.29 bits per heavy atom. The molecule has 5 rings (SSSR count). The Kier molecular flexibility index (Phi) is 9.64. The molecule has 3 amide bonds. The van der Waals surface area contributed by atoms with Gasteiger partial charge in [0.2, 0.25) is 11.1 Å². The zero-order valence-electron chi connectivity index (χ0n) is 22.8. The Morgan fingerprint density at radius 3 is 2.71 bits per heavy atom. The molecule has 1 aliphatic carbocycles. The third-order valence-electron chi connectivity index (χ3n) is 6.66. The van der Waals surface area contributed by atoms with Crippen molar-refractivity contribution in [3.63, 3.8) is 0 Å². The number of hydrogen-bond acceptors (Lipinski definition) is 13. The number of hydrogen-bond donors (Lipinski definition) is 3. The number of β-lactam (4-membered cyclic amide) rings is 1. The van der Waals surface area contributed by atoms with E-state index >= 15 is 0 Å². The first kappa shape index (κ1) is 32.2. The monoisotopic (exact) mass is 685 g/mol. The van der Waals surface area contributed by atoms with Gasteiger partial charge in [0, 0.05) is 16.7 Å². The van der Waals surface area contributed by atoms with Crippen molar-refractivity contribution in [3.05, 3.63) is 22.3 Å². The molecule has 2 aliphatic heterocycles. The fourth-order valence-electron chi connectivity index (χ4n) is 4.54. The second-order valence-electron chi connectivity index (χ2n) is 9.64. The number of rotatable bonds is 11. The number of tetrazole rings is 1. The van der Waals surface area contributed by atoms with E-state index in [-0.39, 0.29) is 46.9 Å². The quantitative estimate of drug-likeness (QED) is 0.102. The van der Waals surface area contributed by atoms with E-state index in [4.69, 9.17) is 11.3 Å². The van der Waals surface area contributed by atoms with Crippen molar-refractivity contribution < 1.29 is 42.3 Å². The van der Waals surface area contributed by atoms with E-state index in [1.165, 1.54) is 10.1 Å². The first-order chi connectivity index (χ1) is 21.5. The van der Waals surface area contributed by atoms with Gasteiger partial charge in [-0.05, 0) is 36.1 Å². The number of amides is 3. The average molecular weight is 686 g/mol. The molecular formula is C24H22F3N9O6S3. The Hall–Kier alpha value is -4.16. The van der Waals surface area contributed by atoms with Crippen LogP contribution in [0.2, 0.25) is 0 Å². The van der Waals surface area contributed by atoms with Crippen LogP contribution in [0.1, 0.15) is 37.8 Å². The van der Waals surface area contributed by atoms with E-state index in [9.17, 15) is 37.5 Å². The van der Waals surface area contributed by atoms with Gasteiger partial charge in [-0.25, -0.2) is 14.5 Å². The lowest BCUT2D eigenvalue weighted by Gasteiger charge is -2.46. The summed E-state index contributed by atoms with van der Waals surface area (Å²) in [6.07, 6.45) is 3.06. The lowest BCUT2D eigenvalue weighted by Crippen LogP contribution is -2.58. The van der Waals surface area contributed by atoms with E-state index < -0.39 is 51.5 Å². The molecule has 1 saturated heterocycles. The SMILES string of the molecule is C#CCn1nnnc1SCC1=C(C(=O)O)N2C(=O)C[C@H]2SC1NC(=O)C(=NOC1CCCC1)c1csc(NC(=O)C(F)(F)F)n1. The molecule has 4 heterocycles. The lowest BCUT2D eigenvalue weighted by atomic mass is 10.1. The van der Waals surface area contributed by atoms with Crippen LogP contribution in [-0.4, -0.2) is 93.4 Å². The number of halogens is 3. The number of carbonyl (C=O) groups excluding carboxylic acids is 3. The van der Waals surface area contributed by atoms with Crippen molar-refractivity contribution in [3.8, 4) is 12.3 Å². The van der Waals surface area contributed by atoms with Crippen LogP contribution in [0.4, 0.5) is 18.3 Å². The molecule has 0 spiro atoms. The lowest BCUT2D eigenvalue weighted by molar-refractivity contribution is -0.167. The molecule has 0 aromatic carbocycles. The van der Waals surface area contributed by atoms with Crippen molar-refractivity contribution in [2.45, 2.75) is 66.8 Å². The van der Waals surface area contributed by atoms with Gasteiger partial charge in [-0.15, -0.1) is 34.6 Å². The molecule has 2 aromatic heterocycles. The van der Waals surface area contributed by atoms with Crippen LogP contribution in [-0.2, 0) is 30.6 Å². The highest BCUT2D eigenvalue weighted by Gasteiger charge is 2.49. The molecule has 2 atom stereocenters. The Labute approximate surface area is 264 Å². The number of nitrogens with one attached hydrogen (secondary N) is 2. The molecule has 1 unspecified atom stereocenters. The number of aliphatic carboxylic acids is 1. The number of fused-ring (bicyclic) bond motifs is 1. The number of carbonyl (C=O) groups is 4. The minimum atomic E-state index is -5.16. The maximum Gasteiger partial charge on any atom is 0.471 e. The van der Waals surface area contributed by atoms with E-state index in [0.29, 0.717) is 24.2 Å². The predicted molar refractivity (Wildman–Crippen MR) is 153 cm³/mol. The van der Waals surface area contributed by atoms with E-state index in [1.807, 2.05) is 0 Å². The summed E-state index contributed by atoms with van der Waals surface area (Å²) in [5, 5.41) is 29.2. The summed E-state index contributed by atoms with van der Waals surface area (Å²) in [5.41, 5.74) is -0.741. The molecule has 2 fully saturated rings. The maximum atomic E-state index is 13.7. The molecule has 1 saturated carbocycles. The van der Waals surface area contributed by atoms with E-state index in [0.717, 1.165) is 41.3 Å². The number of anilines is 1. The van der Waals surface area contributed by atoms with E-state index in [2.05, 4.69) is 36.9 Å². The summed E-state index contributed by atoms with van der Waals surface area (Å²) in [6.45, 7) is 0.0433. The first-order valence-electron chi connectivity index (χ1n) is 13.1. The second kappa shape index (κ2) is 13.5. The number of terminal acetylenes is 1. The highest BCUT2D eigenvalue weighted by Crippen LogP contribution is 2.44. The predicted octanol–water partition coefficient (Wildman–Crippen LogP) is 1.81. The van der Waals surface area contributed by atoms with Gasteiger partial charge in [-0.2, -0.15) is 13.2 Å². The van der Waals surface area contributed by atoms with Crippen LogP contribution >= 0.6 is 34.9 Å². The topological polar surface area (TPSA) is 194 Å². The average Bonchev–Trinajstić information content (AvgIpc) is 3.75. The van der Waals surface area contributed by atoms with Crippen LogP contribution in [0.5, 0.6) is 0 Å². The summed E-state index contributed by atoms with van der Waals surface area (Å²) in [5.74, 6) is -2.60. The van der Waals surface area contributed by atoms with Crippen molar-refractivity contribution in [1.29, 1.82) is 0 Å². The van der Waals surface area contributed by atoms with Gasteiger partial charge < -0.3 is 15.3 Å². The third-order valence-corrected chi connectivity index (χ3v) is 9.79. The number of oxime groups is 1. The molecule has 3 aliphatic rings. The minimum absolute atomic E-state index is 0.0365. The van der Waals surface area contributed by atoms with Crippen molar-refractivity contribution in [1.82, 2.24) is 35.4 Å². The molecule has 238 valence electrons. The zero-order valence-corrected chi connectivity index (χ0v) is 25.3. The van der Waals surface area contributed by atoms with Crippen LogP contribution in [0, 0.1) is 12.3 Å². The molecular weight excluding hydrogens is 664 g/mol. The van der Waals surface area contributed by atoms with Crippen molar-refractivity contribution >= 4 is 69.4 Å². The summed E-state index contributed by atoms with van der Waals surface area (Å²) in [7, 11) is 0. The third kappa shape index (κ3) is 7.23. The van der Waals surface area contributed by atoms with E-state index in [1.54, 1.807) is 5.32 Å². The number of carboxylic acid groups (broad SMARTS) is 1. The molecule has 2 aromatic rings. The van der Waals surface area contributed by atoms with Crippen molar-refractivity contribution in [2.24, 2.45) is 5.16 Å². The van der Waals surface area contributed by atoms with Gasteiger partial charge in [0.15, 0.2) is 10.8 Å². The highest BCUT2D eigenvalue weighted by molar-refractivity contribution is 8.01. The van der Waals surface area contributed by atoms with Gasteiger partial charge >= 0.3 is 18.1 Å². The Morgan fingerprint density at radius 2 is 2.04 bits per heavy atom. The molecule has 45 heavy (non-hydrogen) atoms. The molecule has 3 N–H and O–H groups in total. The standard InChI is InChI=1S/C24H22F3N9O6S3/c1-2-7-35-23(31-33-34-35)44-9-12-17(20(39)40)36-14(37)8-15(36)45-19(12)29-18(38)16(32-42-11-5-3-4-6-11)13-10-43-22(28-13)30-21(41)24(25,26)27/h1,10-11,15,19H,3-9H2,(H,29,38)(H,39,40)(H,28,30,41)/t15-,19?/m1/s1. The second-order valence-corrected chi connectivity index (χ2v) is 12.7. The number of thioether (sulfide) groups is 2. The smallest absolute Gasteiger partial charge is 0.471 e. The van der Waals surface area contributed by atoms with Crippen LogP contribution in [0.25, 0.3) is 0 Å². The van der Waals surface area contributed by atoms with Gasteiger partial charge in [-0.3, -0.25) is 24.6 Å². The fraction of sp³-hybridized carbons (Fsp3) is 0.458. The number of alkyl halides is 3. The minimum Gasteiger partial charge on any atom is -0.477 e. The van der Waals surface area contributed by atoms with Crippen LogP contribution in [0.3, 0.4) is 0 Å². The Balaban J connectivity index is 1.43. The van der Waals surface area contributed by atoms with Gasteiger partial charge in [-0.1, -0.05) is 22.8 Å². The van der Waals surface area contributed by atoms with Gasteiger partial charge in [0.1, 0.15) is 29.4 Å². The largest absolute Gasteiger partial charge is 0.477 e. The van der Waals surface area contributed by atoms with Gasteiger partial charge in [0.05, 0.1) is 11.8 Å². The summed E-state index contributed by atoms with van der Waals surface area (Å²) in [4.78, 5) is 60.6. The molecule has 15 nitrogen and oxygen atoms in total. The first-order valence-corrected chi connectivity index (χ1v) is 15.9. The van der Waals surface area contributed by atoms with Crippen molar-refractivity contribution in [2.75, 3.05) is 11.1 Å². The molecule has 0 bridgehead atoms. The zero-order chi connectivity index (χ0) is 32.3. The highest BCUT2D eigenvalue weighted by atomic mass is 32.2. The number of carboxylic acids is 1. The molecule has 0 radical (unpaired) electrons. The Bertz CT molecular complexity index is 1610. The summed E-state index contributed by atoms with van der Waals surface area (Å²) in [6, 6.07) is 0. The van der Waals surface area contributed by atoms with Crippen LogP contribution < -0.4 is 10.6 Å². The summed E-state index contributed by atoms with van der Waals surface area (Å²) < 4.78 is 39.6. The van der Waals surface area contributed by atoms with Crippen LogP contribution in [0.15, 0.2) is 27.0 Å². The summed E-state index contributed by atoms with van der Waals surface area (Å²) >= 11 is 2.79. The number of aromatic nitrogens is 5. The number of nitrogens with zero attached hydrogens (tertiary/aromatic N) is 7. The van der Waals surface area contributed by atoms with Gasteiger partial charge in [0.25, 0.3) is 5.91 Å².